The van der Waals surface area contributed by atoms with Crippen LogP contribution in [0.4, 0.5) is 8.78 Å². The number of benzene rings is 1. The Morgan fingerprint density at radius 3 is 2.41 bits per heavy atom. The predicted molar refractivity (Wildman–Crippen MR) is 66.3 cm³/mol. The molecule has 0 aliphatic carbocycles. The molecule has 0 aliphatic heterocycles. The fourth-order valence-corrected chi connectivity index (χ4v) is 2.56. The van der Waals surface area contributed by atoms with E-state index < -0.39 is 11.6 Å². The molecule has 1 N–H and O–H groups in total. The van der Waals surface area contributed by atoms with Gasteiger partial charge in [0.1, 0.15) is 0 Å². The first-order chi connectivity index (χ1) is 8.11. The number of hydrogen-bond donors (Lipinski definition) is 1. The third-order valence-corrected chi connectivity index (χ3v) is 3.53. The average Bonchev–Trinajstić information content (AvgIpc) is 2.71. The topological polar surface area (TPSA) is 12.0 Å². The third-order valence-electron chi connectivity index (χ3n) is 2.65. The van der Waals surface area contributed by atoms with E-state index in [1.54, 1.807) is 24.5 Å². The van der Waals surface area contributed by atoms with Crippen molar-refractivity contribution in [2.75, 3.05) is 7.05 Å². The van der Waals surface area contributed by atoms with E-state index in [0.29, 0.717) is 0 Å². The molecule has 0 saturated heterocycles. The first-order valence-electron chi connectivity index (χ1n) is 5.29. The minimum atomic E-state index is -0.815. The van der Waals surface area contributed by atoms with Crippen LogP contribution in [0.3, 0.4) is 0 Å². The van der Waals surface area contributed by atoms with Gasteiger partial charge in [-0.1, -0.05) is 6.07 Å². The molecule has 0 fully saturated rings. The SMILES string of the molecule is CNC(c1csc(C)c1)c1ccc(F)c(F)c1. The Labute approximate surface area is 103 Å². The van der Waals surface area contributed by atoms with Crippen LogP contribution in [0.25, 0.3) is 0 Å². The zero-order valence-electron chi connectivity index (χ0n) is 9.63. The monoisotopic (exact) mass is 253 g/mol. The Kier molecular flexibility index (Phi) is 3.54. The molecule has 4 heteroatoms. The van der Waals surface area contributed by atoms with Crippen LogP contribution in [0.15, 0.2) is 29.6 Å². The summed E-state index contributed by atoms with van der Waals surface area (Å²) in [6.07, 6.45) is 0. The minimum Gasteiger partial charge on any atom is -0.309 e. The van der Waals surface area contributed by atoms with E-state index in [4.69, 9.17) is 0 Å². The molecule has 2 rings (SSSR count). The van der Waals surface area contributed by atoms with E-state index in [1.807, 2.05) is 18.4 Å². The Morgan fingerprint density at radius 2 is 1.88 bits per heavy atom. The van der Waals surface area contributed by atoms with Crippen molar-refractivity contribution in [2.45, 2.75) is 13.0 Å². The Balaban J connectivity index is 2.38. The first-order valence-corrected chi connectivity index (χ1v) is 6.17. The quantitative estimate of drug-likeness (QED) is 0.880. The van der Waals surface area contributed by atoms with Crippen molar-refractivity contribution >= 4 is 11.3 Å². The van der Waals surface area contributed by atoms with E-state index in [-0.39, 0.29) is 6.04 Å². The molecule has 0 bridgehead atoms. The molecule has 1 nitrogen and oxygen atoms in total. The van der Waals surface area contributed by atoms with Crippen LogP contribution in [0.2, 0.25) is 0 Å². The van der Waals surface area contributed by atoms with Gasteiger partial charge in [0.05, 0.1) is 6.04 Å². The van der Waals surface area contributed by atoms with E-state index in [0.717, 1.165) is 17.2 Å². The van der Waals surface area contributed by atoms with Crippen LogP contribution >= 0.6 is 11.3 Å². The summed E-state index contributed by atoms with van der Waals surface area (Å²) in [5.41, 5.74) is 1.80. The molecule has 0 saturated carbocycles. The van der Waals surface area contributed by atoms with Gasteiger partial charge in [-0.05, 0) is 48.7 Å². The van der Waals surface area contributed by atoms with Crippen molar-refractivity contribution in [3.63, 3.8) is 0 Å². The summed E-state index contributed by atoms with van der Waals surface area (Å²) in [5.74, 6) is -1.63. The van der Waals surface area contributed by atoms with Crippen molar-refractivity contribution in [1.82, 2.24) is 5.32 Å². The number of nitrogens with one attached hydrogen (secondary N) is 1. The number of aryl methyl sites for hydroxylation is 1. The first kappa shape index (κ1) is 12.2. The fraction of sp³-hybridized carbons (Fsp3) is 0.231. The van der Waals surface area contributed by atoms with Gasteiger partial charge < -0.3 is 5.32 Å². The lowest BCUT2D eigenvalue weighted by Crippen LogP contribution is -2.17. The van der Waals surface area contributed by atoms with Crippen molar-refractivity contribution in [3.05, 3.63) is 57.3 Å². The van der Waals surface area contributed by atoms with E-state index >= 15 is 0 Å². The fourth-order valence-electron chi connectivity index (χ4n) is 1.83. The summed E-state index contributed by atoms with van der Waals surface area (Å²) >= 11 is 1.64. The highest BCUT2D eigenvalue weighted by atomic mass is 32.1. The summed E-state index contributed by atoms with van der Waals surface area (Å²) in [7, 11) is 1.80. The molecule has 2 aromatic rings. The average molecular weight is 253 g/mol. The molecule has 1 unspecified atom stereocenters. The Morgan fingerprint density at radius 1 is 1.12 bits per heavy atom. The lowest BCUT2D eigenvalue weighted by Gasteiger charge is -2.15. The molecular weight excluding hydrogens is 240 g/mol. The minimum absolute atomic E-state index is 0.102. The second-order valence-corrected chi connectivity index (χ2v) is 5.00. The lowest BCUT2D eigenvalue weighted by atomic mass is 10.0. The maximum Gasteiger partial charge on any atom is 0.159 e. The molecule has 0 amide bonds. The number of hydrogen-bond acceptors (Lipinski definition) is 2. The maximum absolute atomic E-state index is 13.2. The van der Waals surface area contributed by atoms with E-state index in [2.05, 4.69) is 5.32 Å². The van der Waals surface area contributed by atoms with Crippen molar-refractivity contribution < 1.29 is 8.78 Å². The van der Waals surface area contributed by atoms with Gasteiger partial charge in [-0.25, -0.2) is 8.78 Å². The molecule has 1 heterocycles. The van der Waals surface area contributed by atoms with Gasteiger partial charge >= 0.3 is 0 Å². The smallest absolute Gasteiger partial charge is 0.159 e. The summed E-state index contributed by atoms with van der Waals surface area (Å²) in [4.78, 5) is 1.20. The number of thiophene rings is 1. The standard InChI is InChI=1S/C13H13F2NS/c1-8-5-10(7-17-8)13(16-2)9-3-4-11(14)12(15)6-9/h3-7,13,16H,1-2H3. The van der Waals surface area contributed by atoms with Gasteiger partial charge in [0.15, 0.2) is 11.6 Å². The molecule has 0 aliphatic rings. The van der Waals surface area contributed by atoms with Crippen LogP contribution in [0.1, 0.15) is 22.0 Å². The van der Waals surface area contributed by atoms with Crippen LogP contribution in [0, 0.1) is 18.6 Å². The molecule has 1 aromatic heterocycles. The van der Waals surface area contributed by atoms with Crippen LogP contribution in [0.5, 0.6) is 0 Å². The molecule has 90 valence electrons. The zero-order valence-corrected chi connectivity index (χ0v) is 10.4. The molecular formula is C13H13F2NS. The molecule has 17 heavy (non-hydrogen) atoms. The van der Waals surface area contributed by atoms with Gasteiger partial charge in [0, 0.05) is 4.88 Å². The molecule has 0 spiro atoms. The Hall–Kier alpha value is -1.26. The van der Waals surface area contributed by atoms with Gasteiger partial charge in [0.25, 0.3) is 0 Å². The third kappa shape index (κ3) is 2.53. The van der Waals surface area contributed by atoms with Gasteiger partial charge in [-0.3, -0.25) is 0 Å². The molecule has 0 radical (unpaired) electrons. The van der Waals surface area contributed by atoms with Crippen molar-refractivity contribution in [3.8, 4) is 0 Å². The summed E-state index contributed by atoms with van der Waals surface area (Å²) in [6, 6.07) is 5.95. The summed E-state index contributed by atoms with van der Waals surface area (Å²) < 4.78 is 26.1. The molecule has 1 aromatic carbocycles. The largest absolute Gasteiger partial charge is 0.309 e. The highest BCUT2D eigenvalue weighted by molar-refractivity contribution is 7.10. The normalized spacial score (nSPS) is 12.7. The highest BCUT2D eigenvalue weighted by Crippen LogP contribution is 2.26. The second-order valence-electron chi connectivity index (χ2n) is 3.89. The summed E-state index contributed by atoms with van der Waals surface area (Å²) in [6.45, 7) is 2.02. The lowest BCUT2D eigenvalue weighted by molar-refractivity contribution is 0.505. The maximum atomic E-state index is 13.2. The van der Waals surface area contributed by atoms with Crippen LogP contribution in [-0.2, 0) is 0 Å². The van der Waals surface area contributed by atoms with Crippen molar-refractivity contribution in [2.24, 2.45) is 0 Å². The molecule has 1 atom stereocenters. The zero-order chi connectivity index (χ0) is 12.4. The second kappa shape index (κ2) is 4.94. The Bertz CT molecular complexity index is 522. The van der Waals surface area contributed by atoms with Crippen LogP contribution < -0.4 is 5.32 Å². The van der Waals surface area contributed by atoms with E-state index in [9.17, 15) is 8.78 Å². The predicted octanol–water partition coefficient (Wildman–Crippen LogP) is 3.64. The summed E-state index contributed by atoms with van der Waals surface area (Å²) in [5, 5.41) is 5.14. The number of halogens is 2. The van der Waals surface area contributed by atoms with Gasteiger partial charge in [-0.2, -0.15) is 0 Å². The highest BCUT2D eigenvalue weighted by Gasteiger charge is 2.15. The van der Waals surface area contributed by atoms with E-state index in [1.165, 1.54) is 10.9 Å². The van der Waals surface area contributed by atoms with Crippen LogP contribution in [-0.4, -0.2) is 7.05 Å². The number of rotatable bonds is 3. The van der Waals surface area contributed by atoms with Gasteiger partial charge in [-0.15, -0.1) is 11.3 Å². The van der Waals surface area contributed by atoms with Gasteiger partial charge in [0.2, 0.25) is 0 Å². The van der Waals surface area contributed by atoms with Crippen molar-refractivity contribution in [1.29, 1.82) is 0 Å².